The molecule has 0 amide bonds. The lowest BCUT2D eigenvalue weighted by Gasteiger charge is -2.29. The van der Waals surface area contributed by atoms with Crippen LogP contribution in [0.4, 0.5) is 0 Å². The Morgan fingerprint density at radius 3 is 2.40 bits per heavy atom. The topological polar surface area (TPSA) is 32.3 Å². The minimum absolute atomic E-state index is 0.342. The Morgan fingerprint density at radius 2 is 1.85 bits per heavy atom. The summed E-state index contributed by atoms with van der Waals surface area (Å²) in [7, 11) is 0. The Morgan fingerprint density at radius 1 is 1.20 bits per heavy atom. The van der Waals surface area contributed by atoms with Crippen LogP contribution < -0.4 is 5.32 Å². The van der Waals surface area contributed by atoms with Crippen molar-refractivity contribution in [3.63, 3.8) is 0 Å². The molecule has 2 atom stereocenters. The third-order valence-electron chi connectivity index (χ3n) is 3.63. The molecule has 0 radical (unpaired) electrons. The minimum Gasteiger partial charge on any atom is -0.389 e. The van der Waals surface area contributed by atoms with Crippen molar-refractivity contribution in [2.75, 3.05) is 6.54 Å². The minimum atomic E-state index is -0.632. The van der Waals surface area contributed by atoms with E-state index >= 15 is 0 Å². The zero-order valence-electron chi connectivity index (χ0n) is 13.5. The summed E-state index contributed by atoms with van der Waals surface area (Å²) < 4.78 is 0. The molecule has 0 saturated heterocycles. The molecule has 20 heavy (non-hydrogen) atoms. The van der Waals surface area contributed by atoms with Crippen molar-refractivity contribution < 1.29 is 5.11 Å². The highest BCUT2D eigenvalue weighted by atomic mass is 16.3. The van der Waals surface area contributed by atoms with Gasteiger partial charge in [0.15, 0.2) is 0 Å². The molecule has 2 N–H and O–H groups in total. The third kappa shape index (κ3) is 6.53. The molecule has 0 aliphatic heterocycles. The van der Waals surface area contributed by atoms with E-state index in [2.05, 4.69) is 56.4 Å². The SMILES string of the molecule is CCCCC(NCC(C)(O)CC(C)C)c1ccccc1. The number of nitrogens with one attached hydrogen (secondary N) is 1. The monoisotopic (exact) mass is 277 g/mol. The Hall–Kier alpha value is -0.860. The normalized spacial score (nSPS) is 16.1. The molecule has 0 fully saturated rings. The van der Waals surface area contributed by atoms with Gasteiger partial charge >= 0.3 is 0 Å². The van der Waals surface area contributed by atoms with Gasteiger partial charge in [-0.15, -0.1) is 0 Å². The van der Waals surface area contributed by atoms with Gasteiger partial charge in [-0.2, -0.15) is 0 Å². The summed E-state index contributed by atoms with van der Waals surface area (Å²) in [4.78, 5) is 0. The highest BCUT2D eigenvalue weighted by Crippen LogP contribution is 2.21. The molecule has 1 rings (SSSR count). The first-order valence-corrected chi connectivity index (χ1v) is 7.95. The second kappa shape index (κ2) is 8.43. The smallest absolute Gasteiger partial charge is 0.0746 e. The van der Waals surface area contributed by atoms with E-state index in [0.717, 1.165) is 12.8 Å². The molecular weight excluding hydrogens is 246 g/mol. The zero-order chi connectivity index (χ0) is 15.0. The molecular formula is C18H31NO. The van der Waals surface area contributed by atoms with E-state index in [1.165, 1.54) is 18.4 Å². The molecule has 0 saturated carbocycles. The molecule has 2 heteroatoms. The van der Waals surface area contributed by atoms with Gasteiger partial charge in [0.25, 0.3) is 0 Å². The lowest BCUT2D eigenvalue weighted by molar-refractivity contribution is 0.0355. The second-order valence-electron chi connectivity index (χ2n) is 6.58. The average Bonchev–Trinajstić information content (AvgIpc) is 2.38. The fourth-order valence-electron chi connectivity index (χ4n) is 2.77. The van der Waals surface area contributed by atoms with E-state index in [4.69, 9.17) is 0 Å². The molecule has 1 aromatic rings. The van der Waals surface area contributed by atoms with Crippen molar-refractivity contribution in [3.8, 4) is 0 Å². The maximum absolute atomic E-state index is 10.4. The van der Waals surface area contributed by atoms with Crippen LogP contribution in [0.3, 0.4) is 0 Å². The second-order valence-corrected chi connectivity index (χ2v) is 6.58. The van der Waals surface area contributed by atoms with E-state index in [1.807, 2.05) is 6.92 Å². The highest BCUT2D eigenvalue weighted by molar-refractivity contribution is 5.18. The fraction of sp³-hybridized carbons (Fsp3) is 0.667. The van der Waals surface area contributed by atoms with E-state index in [9.17, 15) is 5.11 Å². The first kappa shape index (κ1) is 17.2. The maximum atomic E-state index is 10.4. The summed E-state index contributed by atoms with van der Waals surface area (Å²) >= 11 is 0. The molecule has 0 aliphatic carbocycles. The number of hydrogen-bond acceptors (Lipinski definition) is 2. The van der Waals surface area contributed by atoms with Gasteiger partial charge in [-0.1, -0.05) is 63.9 Å². The highest BCUT2D eigenvalue weighted by Gasteiger charge is 2.23. The van der Waals surface area contributed by atoms with Crippen LogP contribution in [0, 0.1) is 5.92 Å². The van der Waals surface area contributed by atoms with Crippen molar-refractivity contribution in [3.05, 3.63) is 35.9 Å². The molecule has 0 heterocycles. The predicted octanol–water partition coefficient (Wildman–Crippen LogP) is 4.30. The molecule has 0 spiro atoms. The molecule has 2 nitrogen and oxygen atoms in total. The van der Waals surface area contributed by atoms with Crippen molar-refractivity contribution in [1.82, 2.24) is 5.32 Å². The van der Waals surface area contributed by atoms with Crippen LogP contribution in [-0.4, -0.2) is 17.3 Å². The van der Waals surface area contributed by atoms with Gasteiger partial charge in [-0.25, -0.2) is 0 Å². The van der Waals surface area contributed by atoms with E-state index in [0.29, 0.717) is 18.5 Å². The summed E-state index contributed by atoms with van der Waals surface area (Å²) in [5, 5.41) is 14.0. The zero-order valence-corrected chi connectivity index (χ0v) is 13.5. The maximum Gasteiger partial charge on any atom is 0.0746 e. The van der Waals surface area contributed by atoms with Gasteiger partial charge < -0.3 is 10.4 Å². The molecule has 0 bridgehead atoms. The van der Waals surface area contributed by atoms with Crippen LogP contribution >= 0.6 is 0 Å². The predicted molar refractivity (Wildman–Crippen MR) is 86.8 cm³/mol. The van der Waals surface area contributed by atoms with Crippen LogP contribution in [-0.2, 0) is 0 Å². The van der Waals surface area contributed by atoms with E-state index in [1.54, 1.807) is 0 Å². The lowest BCUT2D eigenvalue weighted by Crippen LogP contribution is -2.40. The first-order chi connectivity index (χ1) is 9.44. The number of hydrogen-bond donors (Lipinski definition) is 2. The van der Waals surface area contributed by atoms with Crippen molar-refractivity contribution in [1.29, 1.82) is 0 Å². The van der Waals surface area contributed by atoms with Crippen LogP contribution in [0.1, 0.15) is 65.0 Å². The van der Waals surface area contributed by atoms with Gasteiger partial charge in [0, 0.05) is 12.6 Å². The summed E-state index contributed by atoms with van der Waals surface area (Å²) in [6.45, 7) is 9.10. The number of rotatable bonds is 9. The Bertz CT molecular complexity index is 359. The van der Waals surface area contributed by atoms with Gasteiger partial charge in [-0.3, -0.25) is 0 Å². The van der Waals surface area contributed by atoms with Crippen molar-refractivity contribution in [2.24, 2.45) is 5.92 Å². The van der Waals surface area contributed by atoms with Gasteiger partial charge in [0.2, 0.25) is 0 Å². The Labute approximate surface area is 124 Å². The number of benzene rings is 1. The molecule has 0 aromatic heterocycles. The third-order valence-corrected chi connectivity index (χ3v) is 3.63. The van der Waals surface area contributed by atoms with Gasteiger partial charge in [-0.05, 0) is 31.2 Å². The largest absolute Gasteiger partial charge is 0.389 e. The summed E-state index contributed by atoms with van der Waals surface area (Å²) in [6, 6.07) is 10.9. The summed E-state index contributed by atoms with van der Waals surface area (Å²) in [5.74, 6) is 0.512. The quantitative estimate of drug-likeness (QED) is 0.705. The van der Waals surface area contributed by atoms with Crippen molar-refractivity contribution in [2.45, 2.75) is 65.0 Å². The van der Waals surface area contributed by atoms with E-state index < -0.39 is 5.60 Å². The lowest BCUT2D eigenvalue weighted by atomic mass is 9.93. The summed E-state index contributed by atoms with van der Waals surface area (Å²) in [6.07, 6.45) is 4.36. The molecule has 114 valence electrons. The van der Waals surface area contributed by atoms with Gasteiger partial charge in [0.05, 0.1) is 5.60 Å². The fourth-order valence-corrected chi connectivity index (χ4v) is 2.77. The summed E-state index contributed by atoms with van der Waals surface area (Å²) in [5.41, 5.74) is 0.689. The van der Waals surface area contributed by atoms with Gasteiger partial charge in [0.1, 0.15) is 0 Å². The van der Waals surface area contributed by atoms with Crippen LogP contribution in [0.2, 0.25) is 0 Å². The Balaban J connectivity index is 2.61. The molecule has 0 aliphatic rings. The van der Waals surface area contributed by atoms with Crippen LogP contribution in [0.5, 0.6) is 0 Å². The van der Waals surface area contributed by atoms with Crippen molar-refractivity contribution >= 4 is 0 Å². The number of unbranched alkanes of at least 4 members (excludes halogenated alkanes) is 1. The van der Waals surface area contributed by atoms with Crippen LogP contribution in [0.15, 0.2) is 30.3 Å². The van der Waals surface area contributed by atoms with E-state index in [-0.39, 0.29) is 0 Å². The molecule has 2 unspecified atom stereocenters. The number of aliphatic hydroxyl groups is 1. The molecule has 1 aromatic carbocycles. The van der Waals surface area contributed by atoms with Crippen LogP contribution in [0.25, 0.3) is 0 Å². The standard InChI is InChI=1S/C18H31NO/c1-5-6-12-17(16-10-8-7-9-11-16)19-14-18(4,20)13-15(2)3/h7-11,15,17,19-20H,5-6,12-14H2,1-4H3. The first-order valence-electron chi connectivity index (χ1n) is 7.95. The average molecular weight is 277 g/mol. The Kier molecular flexibility index (Phi) is 7.25.